The van der Waals surface area contributed by atoms with Crippen LogP contribution >= 0.6 is 27.3 Å². The number of halogens is 1. The molecule has 0 saturated heterocycles. The van der Waals surface area contributed by atoms with Gasteiger partial charge in [-0.15, -0.1) is 11.3 Å². The average Bonchev–Trinajstić information content (AvgIpc) is 3.26. The minimum absolute atomic E-state index is 0.0200. The molecule has 0 saturated carbocycles. The molecule has 0 aliphatic heterocycles. The van der Waals surface area contributed by atoms with Crippen molar-refractivity contribution in [3.8, 4) is 5.00 Å². The lowest BCUT2D eigenvalue weighted by Crippen LogP contribution is -2.35. The number of aryl methyl sites for hydroxylation is 2. The zero-order valence-electron chi connectivity index (χ0n) is 16.2. The van der Waals surface area contributed by atoms with E-state index in [9.17, 15) is 9.59 Å². The Morgan fingerprint density at radius 3 is 2.50 bits per heavy atom. The first-order chi connectivity index (χ1) is 13.3. The van der Waals surface area contributed by atoms with Gasteiger partial charge in [-0.3, -0.25) is 9.59 Å². The van der Waals surface area contributed by atoms with Crippen molar-refractivity contribution < 1.29 is 9.59 Å². The fraction of sp³-hybridized carbons (Fsp3) is 0.238. The number of aromatic nitrogens is 1. The van der Waals surface area contributed by atoms with Crippen molar-refractivity contribution in [3.05, 3.63) is 68.8 Å². The molecule has 28 heavy (non-hydrogen) atoms. The predicted molar refractivity (Wildman–Crippen MR) is 118 cm³/mol. The number of carbonyl (C=O) groups excluding carboxylic acids is 2. The highest BCUT2D eigenvalue weighted by Crippen LogP contribution is 2.31. The quantitative estimate of drug-likeness (QED) is 0.587. The van der Waals surface area contributed by atoms with E-state index in [1.807, 2.05) is 68.1 Å². The molecule has 0 unspecified atom stereocenters. The van der Waals surface area contributed by atoms with Crippen LogP contribution < -0.4 is 5.32 Å². The standard InChI is InChI=1S/C21H22BrN3O2S/c1-13-11-16(22)7-8-17(13)23-18(26)12-24(4)20(27)19-14(2)15(3)28-21(19)25-9-5-6-10-25/h5-11H,12H2,1-4H3,(H,23,26). The Bertz CT molecular complexity index is 1020. The summed E-state index contributed by atoms with van der Waals surface area (Å²) < 4.78 is 2.90. The van der Waals surface area contributed by atoms with E-state index in [1.54, 1.807) is 18.4 Å². The van der Waals surface area contributed by atoms with Crippen molar-refractivity contribution in [2.24, 2.45) is 0 Å². The summed E-state index contributed by atoms with van der Waals surface area (Å²) in [5, 5.41) is 3.76. The summed E-state index contributed by atoms with van der Waals surface area (Å²) in [5.74, 6) is -0.387. The molecule has 3 aromatic rings. The smallest absolute Gasteiger partial charge is 0.257 e. The van der Waals surface area contributed by atoms with Crippen LogP contribution in [0.2, 0.25) is 0 Å². The molecule has 1 aromatic carbocycles. The van der Waals surface area contributed by atoms with Crippen LogP contribution in [0.1, 0.15) is 26.4 Å². The van der Waals surface area contributed by atoms with Crippen molar-refractivity contribution in [3.63, 3.8) is 0 Å². The third-order valence-electron chi connectivity index (χ3n) is 4.61. The molecular weight excluding hydrogens is 438 g/mol. The van der Waals surface area contributed by atoms with Gasteiger partial charge in [-0.2, -0.15) is 0 Å². The first-order valence-corrected chi connectivity index (χ1v) is 10.4. The minimum Gasteiger partial charge on any atom is -0.332 e. The number of thiophene rings is 1. The lowest BCUT2D eigenvalue weighted by Gasteiger charge is -2.18. The number of rotatable bonds is 5. The molecule has 0 aliphatic carbocycles. The van der Waals surface area contributed by atoms with Gasteiger partial charge in [-0.25, -0.2) is 0 Å². The molecule has 7 heteroatoms. The number of hydrogen-bond acceptors (Lipinski definition) is 3. The van der Waals surface area contributed by atoms with E-state index in [-0.39, 0.29) is 18.4 Å². The largest absolute Gasteiger partial charge is 0.332 e. The Morgan fingerprint density at radius 2 is 1.86 bits per heavy atom. The molecule has 1 N–H and O–H groups in total. The second kappa shape index (κ2) is 8.32. The summed E-state index contributed by atoms with van der Waals surface area (Å²) in [6.45, 7) is 5.86. The molecule has 2 heterocycles. The number of nitrogens with zero attached hydrogens (tertiary/aromatic N) is 2. The van der Waals surface area contributed by atoms with E-state index in [0.29, 0.717) is 5.56 Å². The van der Waals surface area contributed by atoms with E-state index >= 15 is 0 Å². The number of benzene rings is 1. The van der Waals surface area contributed by atoms with Crippen LogP contribution in [-0.2, 0) is 4.79 Å². The van der Waals surface area contributed by atoms with Crippen LogP contribution in [0, 0.1) is 20.8 Å². The molecule has 3 rings (SSSR count). The van der Waals surface area contributed by atoms with Gasteiger partial charge in [0.1, 0.15) is 5.00 Å². The van der Waals surface area contributed by atoms with Crippen molar-refractivity contribution in [2.45, 2.75) is 20.8 Å². The Morgan fingerprint density at radius 1 is 1.18 bits per heavy atom. The van der Waals surface area contributed by atoms with Crippen LogP contribution in [0.25, 0.3) is 5.00 Å². The van der Waals surface area contributed by atoms with Gasteiger partial charge in [-0.05, 0) is 62.2 Å². The highest BCUT2D eigenvalue weighted by molar-refractivity contribution is 9.10. The normalized spacial score (nSPS) is 10.8. The van der Waals surface area contributed by atoms with E-state index in [1.165, 1.54) is 4.90 Å². The van der Waals surface area contributed by atoms with Gasteiger partial charge in [0, 0.05) is 34.5 Å². The highest BCUT2D eigenvalue weighted by Gasteiger charge is 2.24. The van der Waals surface area contributed by atoms with Gasteiger partial charge in [-0.1, -0.05) is 15.9 Å². The molecule has 0 fully saturated rings. The molecule has 2 amide bonds. The predicted octanol–water partition coefficient (Wildman–Crippen LogP) is 4.94. The summed E-state index contributed by atoms with van der Waals surface area (Å²) >= 11 is 4.99. The topological polar surface area (TPSA) is 54.3 Å². The lowest BCUT2D eigenvalue weighted by molar-refractivity contribution is -0.116. The van der Waals surface area contributed by atoms with Crippen molar-refractivity contribution in [1.29, 1.82) is 0 Å². The van der Waals surface area contributed by atoms with E-state index in [0.717, 1.165) is 31.2 Å². The zero-order valence-corrected chi connectivity index (χ0v) is 18.6. The van der Waals surface area contributed by atoms with Crippen LogP contribution in [0.5, 0.6) is 0 Å². The maximum Gasteiger partial charge on any atom is 0.257 e. The number of nitrogens with one attached hydrogen (secondary N) is 1. The number of hydrogen-bond donors (Lipinski definition) is 1. The summed E-state index contributed by atoms with van der Waals surface area (Å²) in [4.78, 5) is 28.2. The SMILES string of the molecule is Cc1cc(Br)ccc1NC(=O)CN(C)C(=O)c1c(-n2cccc2)sc(C)c1C. The Hall–Kier alpha value is -2.38. The first kappa shape index (κ1) is 20.4. The van der Waals surface area contributed by atoms with E-state index < -0.39 is 0 Å². The summed E-state index contributed by atoms with van der Waals surface area (Å²) in [6, 6.07) is 9.51. The van der Waals surface area contributed by atoms with Crippen LogP contribution in [0.15, 0.2) is 47.2 Å². The van der Waals surface area contributed by atoms with Crippen LogP contribution in [-0.4, -0.2) is 34.9 Å². The highest BCUT2D eigenvalue weighted by atomic mass is 79.9. The number of amides is 2. The molecule has 0 bridgehead atoms. The Labute approximate surface area is 177 Å². The second-order valence-electron chi connectivity index (χ2n) is 6.72. The summed E-state index contributed by atoms with van der Waals surface area (Å²) in [5.41, 5.74) is 3.30. The first-order valence-electron chi connectivity index (χ1n) is 8.82. The van der Waals surface area contributed by atoms with E-state index in [2.05, 4.69) is 21.2 Å². The van der Waals surface area contributed by atoms with Crippen molar-refractivity contribution in [1.82, 2.24) is 9.47 Å². The molecule has 5 nitrogen and oxygen atoms in total. The molecular formula is C21H22BrN3O2S. The molecule has 0 radical (unpaired) electrons. The van der Waals surface area contributed by atoms with Crippen molar-refractivity contribution in [2.75, 3.05) is 18.9 Å². The fourth-order valence-electron chi connectivity index (χ4n) is 2.95. The average molecular weight is 460 g/mol. The summed E-state index contributed by atoms with van der Waals surface area (Å²) in [6.07, 6.45) is 3.84. The monoisotopic (exact) mass is 459 g/mol. The molecule has 0 atom stereocenters. The van der Waals surface area contributed by atoms with Gasteiger partial charge >= 0.3 is 0 Å². The van der Waals surface area contributed by atoms with E-state index in [4.69, 9.17) is 0 Å². The Balaban J connectivity index is 1.77. The molecule has 2 aromatic heterocycles. The second-order valence-corrected chi connectivity index (χ2v) is 8.84. The minimum atomic E-state index is -0.228. The van der Waals surface area contributed by atoms with Gasteiger partial charge < -0.3 is 14.8 Å². The zero-order chi connectivity index (χ0) is 20.4. The lowest BCUT2D eigenvalue weighted by atomic mass is 10.1. The summed E-state index contributed by atoms with van der Waals surface area (Å²) in [7, 11) is 1.65. The Kier molecular flexibility index (Phi) is 6.05. The number of likely N-dealkylation sites (N-methyl/N-ethyl adjacent to an activating group) is 1. The van der Waals surface area contributed by atoms with Gasteiger partial charge in [0.05, 0.1) is 12.1 Å². The van der Waals surface area contributed by atoms with Crippen LogP contribution in [0.3, 0.4) is 0 Å². The van der Waals surface area contributed by atoms with Crippen LogP contribution in [0.4, 0.5) is 5.69 Å². The number of anilines is 1. The third-order valence-corrected chi connectivity index (χ3v) is 6.32. The third kappa shape index (κ3) is 4.20. The molecule has 0 aliphatic rings. The van der Waals surface area contributed by atoms with Crippen molar-refractivity contribution >= 4 is 44.8 Å². The molecule has 0 spiro atoms. The van der Waals surface area contributed by atoms with Gasteiger partial charge in [0.25, 0.3) is 5.91 Å². The maximum absolute atomic E-state index is 13.1. The number of carbonyl (C=O) groups is 2. The maximum atomic E-state index is 13.1. The van der Waals surface area contributed by atoms with Gasteiger partial charge in [0.15, 0.2) is 0 Å². The van der Waals surface area contributed by atoms with Gasteiger partial charge in [0.2, 0.25) is 5.91 Å². The fourth-order valence-corrected chi connectivity index (χ4v) is 4.54. The molecule has 146 valence electrons.